The molecule has 0 bridgehead atoms. The second-order valence-corrected chi connectivity index (χ2v) is 4.06. The van der Waals surface area contributed by atoms with Gasteiger partial charge in [-0.15, -0.1) is 0 Å². The number of Topliss-reactive ketones (excluding diaryl/α,β-unsaturated/α-hetero) is 1. The van der Waals surface area contributed by atoms with Crippen molar-refractivity contribution in [2.24, 2.45) is 0 Å². The molecule has 1 heterocycles. The van der Waals surface area contributed by atoms with Gasteiger partial charge in [0.05, 0.1) is 13.0 Å². The van der Waals surface area contributed by atoms with Crippen molar-refractivity contribution in [3.8, 4) is 5.75 Å². The molecule has 96 valence electrons. The molecule has 2 rings (SSSR count). The fourth-order valence-electron chi connectivity index (χ4n) is 1.92. The van der Waals surface area contributed by atoms with Crippen LogP contribution in [0.25, 0.3) is 0 Å². The third kappa shape index (κ3) is 2.50. The van der Waals surface area contributed by atoms with Gasteiger partial charge in [0.25, 0.3) is 0 Å². The number of halogens is 1. The number of benzene rings is 1. The molecule has 0 aliphatic carbocycles. The first kappa shape index (κ1) is 12.5. The van der Waals surface area contributed by atoms with E-state index in [1.54, 1.807) is 13.0 Å². The van der Waals surface area contributed by atoms with Gasteiger partial charge in [-0.2, -0.15) is 0 Å². The zero-order valence-corrected chi connectivity index (χ0v) is 10.1. The van der Waals surface area contributed by atoms with E-state index in [9.17, 15) is 14.0 Å². The first-order chi connectivity index (χ1) is 8.61. The summed E-state index contributed by atoms with van der Waals surface area (Å²) >= 11 is 0. The molecule has 0 radical (unpaired) electrons. The molecule has 0 N–H and O–H groups in total. The van der Waals surface area contributed by atoms with Crippen LogP contribution in [-0.2, 0) is 9.59 Å². The largest absolute Gasteiger partial charge is 0.491 e. The topological polar surface area (TPSA) is 46.6 Å². The van der Waals surface area contributed by atoms with E-state index in [2.05, 4.69) is 0 Å². The summed E-state index contributed by atoms with van der Waals surface area (Å²) < 4.78 is 18.8. The van der Waals surface area contributed by atoms with Gasteiger partial charge in [0.1, 0.15) is 5.78 Å². The maximum Gasteiger partial charge on any atom is 0.234 e. The van der Waals surface area contributed by atoms with E-state index in [1.165, 1.54) is 17.0 Å². The van der Waals surface area contributed by atoms with E-state index in [1.807, 2.05) is 0 Å². The van der Waals surface area contributed by atoms with Crippen LogP contribution in [0.3, 0.4) is 0 Å². The minimum Gasteiger partial charge on any atom is -0.491 e. The summed E-state index contributed by atoms with van der Waals surface area (Å²) in [5.41, 5.74) is 0.466. The SMILES string of the molecule is CCOc1ccc(N2CCC(=O)CC2=O)cc1F. The maximum absolute atomic E-state index is 13.7. The third-order valence-corrected chi connectivity index (χ3v) is 2.79. The molecule has 0 aromatic heterocycles. The summed E-state index contributed by atoms with van der Waals surface area (Å²) in [6, 6.07) is 4.39. The van der Waals surface area contributed by atoms with Crippen LogP contribution < -0.4 is 9.64 Å². The Morgan fingerprint density at radius 2 is 2.17 bits per heavy atom. The van der Waals surface area contributed by atoms with Gasteiger partial charge in [-0.1, -0.05) is 0 Å². The van der Waals surface area contributed by atoms with Crippen LogP contribution in [0.4, 0.5) is 10.1 Å². The zero-order chi connectivity index (χ0) is 13.1. The molecule has 0 unspecified atom stereocenters. The summed E-state index contributed by atoms with van der Waals surface area (Å²) in [6.45, 7) is 2.46. The maximum atomic E-state index is 13.7. The number of ketones is 1. The molecule has 1 fully saturated rings. The number of ether oxygens (including phenoxy) is 1. The molecule has 0 atom stereocenters. The van der Waals surface area contributed by atoms with Gasteiger partial charge in [0, 0.05) is 24.7 Å². The predicted octanol–water partition coefficient (Wildman–Crippen LogP) is 1.92. The number of nitrogens with zero attached hydrogens (tertiary/aromatic N) is 1. The van der Waals surface area contributed by atoms with E-state index in [0.717, 1.165) is 0 Å². The van der Waals surface area contributed by atoms with Gasteiger partial charge < -0.3 is 9.64 Å². The first-order valence-electron chi connectivity index (χ1n) is 5.86. The van der Waals surface area contributed by atoms with Crippen LogP contribution in [0.1, 0.15) is 19.8 Å². The van der Waals surface area contributed by atoms with Crippen LogP contribution in [0, 0.1) is 5.82 Å². The quantitative estimate of drug-likeness (QED) is 0.771. The van der Waals surface area contributed by atoms with Gasteiger partial charge in [-0.3, -0.25) is 9.59 Å². The smallest absolute Gasteiger partial charge is 0.234 e. The van der Waals surface area contributed by atoms with Gasteiger partial charge in [0.2, 0.25) is 5.91 Å². The van der Waals surface area contributed by atoms with E-state index in [0.29, 0.717) is 25.3 Å². The number of carbonyl (C=O) groups excluding carboxylic acids is 2. The van der Waals surface area contributed by atoms with Gasteiger partial charge >= 0.3 is 0 Å². The Morgan fingerprint density at radius 3 is 2.78 bits per heavy atom. The predicted molar refractivity (Wildman–Crippen MR) is 64.2 cm³/mol. The summed E-state index contributed by atoms with van der Waals surface area (Å²) in [5, 5.41) is 0. The lowest BCUT2D eigenvalue weighted by molar-refractivity contribution is -0.128. The number of carbonyl (C=O) groups is 2. The number of rotatable bonds is 3. The first-order valence-corrected chi connectivity index (χ1v) is 5.86. The number of anilines is 1. The van der Waals surface area contributed by atoms with Crippen molar-refractivity contribution in [1.29, 1.82) is 0 Å². The monoisotopic (exact) mass is 251 g/mol. The Kier molecular flexibility index (Phi) is 3.60. The molecule has 0 saturated carbocycles. The Hall–Kier alpha value is -1.91. The minimum absolute atomic E-state index is 0.0670. The number of piperidine rings is 1. The normalized spacial score (nSPS) is 16.0. The highest BCUT2D eigenvalue weighted by Crippen LogP contribution is 2.25. The number of amides is 1. The molecular weight excluding hydrogens is 237 g/mol. The van der Waals surface area contributed by atoms with E-state index >= 15 is 0 Å². The average molecular weight is 251 g/mol. The fraction of sp³-hybridized carbons (Fsp3) is 0.385. The van der Waals surface area contributed by atoms with Crippen LogP contribution in [0.15, 0.2) is 18.2 Å². The van der Waals surface area contributed by atoms with Gasteiger partial charge in [-0.25, -0.2) is 4.39 Å². The molecule has 0 spiro atoms. The highest BCUT2D eigenvalue weighted by atomic mass is 19.1. The standard InChI is InChI=1S/C13H14FNO3/c1-2-18-12-4-3-9(7-11(12)14)15-6-5-10(16)8-13(15)17/h3-4,7H,2,5-6,8H2,1H3. The average Bonchev–Trinajstić information content (AvgIpc) is 2.32. The Labute approximate surface area is 104 Å². The number of hydrogen-bond donors (Lipinski definition) is 0. The molecular formula is C13H14FNO3. The van der Waals surface area contributed by atoms with Crippen LogP contribution >= 0.6 is 0 Å². The van der Waals surface area contributed by atoms with Crippen molar-refractivity contribution in [2.45, 2.75) is 19.8 Å². The van der Waals surface area contributed by atoms with Crippen molar-refractivity contribution in [3.63, 3.8) is 0 Å². The highest BCUT2D eigenvalue weighted by molar-refractivity contribution is 6.08. The zero-order valence-electron chi connectivity index (χ0n) is 10.1. The summed E-state index contributed by atoms with van der Waals surface area (Å²) in [5.74, 6) is -0.682. The molecule has 1 aliphatic heterocycles. The van der Waals surface area contributed by atoms with Crippen molar-refractivity contribution in [3.05, 3.63) is 24.0 Å². The molecule has 1 aliphatic rings. The minimum atomic E-state index is -0.501. The lowest BCUT2D eigenvalue weighted by atomic mass is 10.1. The van der Waals surface area contributed by atoms with Crippen molar-refractivity contribution >= 4 is 17.4 Å². The molecule has 1 aromatic rings. The Bertz CT molecular complexity index is 487. The molecule has 1 saturated heterocycles. The second kappa shape index (κ2) is 5.16. The molecule has 18 heavy (non-hydrogen) atoms. The molecule has 1 aromatic carbocycles. The third-order valence-electron chi connectivity index (χ3n) is 2.79. The Balaban J connectivity index is 2.21. The summed E-state index contributed by atoms with van der Waals surface area (Å²) in [4.78, 5) is 24.2. The molecule has 5 heteroatoms. The van der Waals surface area contributed by atoms with Gasteiger partial charge in [-0.05, 0) is 19.1 Å². The van der Waals surface area contributed by atoms with Crippen molar-refractivity contribution in [2.75, 3.05) is 18.1 Å². The van der Waals surface area contributed by atoms with Crippen LogP contribution in [0.5, 0.6) is 5.75 Å². The van der Waals surface area contributed by atoms with E-state index in [-0.39, 0.29) is 23.9 Å². The highest BCUT2D eigenvalue weighted by Gasteiger charge is 2.25. The van der Waals surface area contributed by atoms with E-state index < -0.39 is 5.82 Å². The van der Waals surface area contributed by atoms with Crippen LogP contribution in [0.2, 0.25) is 0 Å². The lowest BCUT2D eigenvalue weighted by Gasteiger charge is -2.26. The number of hydrogen-bond acceptors (Lipinski definition) is 3. The van der Waals surface area contributed by atoms with Crippen molar-refractivity contribution in [1.82, 2.24) is 0 Å². The molecule has 1 amide bonds. The summed E-state index contributed by atoms with van der Waals surface area (Å²) in [7, 11) is 0. The van der Waals surface area contributed by atoms with Gasteiger partial charge in [0.15, 0.2) is 11.6 Å². The fourth-order valence-corrected chi connectivity index (χ4v) is 1.92. The summed E-state index contributed by atoms with van der Waals surface area (Å²) in [6.07, 6.45) is 0.218. The lowest BCUT2D eigenvalue weighted by Crippen LogP contribution is -2.39. The second-order valence-electron chi connectivity index (χ2n) is 4.06. The van der Waals surface area contributed by atoms with E-state index in [4.69, 9.17) is 4.74 Å². The van der Waals surface area contributed by atoms with Crippen LogP contribution in [-0.4, -0.2) is 24.8 Å². The Morgan fingerprint density at radius 1 is 1.39 bits per heavy atom. The van der Waals surface area contributed by atoms with Crippen molar-refractivity contribution < 1.29 is 18.7 Å². The molecule has 4 nitrogen and oxygen atoms in total.